The minimum atomic E-state index is -0.440. The van der Waals surface area contributed by atoms with Crippen LogP contribution in [-0.2, 0) is 9.53 Å². The lowest BCUT2D eigenvalue weighted by Gasteiger charge is -2.04. The van der Waals surface area contributed by atoms with Gasteiger partial charge in [0.25, 0.3) is 0 Å². The first-order valence-corrected chi connectivity index (χ1v) is 2.62. The Morgan fingerprint density at radius 2 is 2.22 bits per heavy atom. The molecule has 0 rings (SSSR count). The molecule has 1 unspecified atom stereocenters. The Kier molecular flexibility index (Phi) is 2.95. The maximum absolute atomic E-state index is 10.6. The van der Waals surface area contributed by atoms with Gasteiger partial charge in [-0.05, 0) is 6.92 Å². The lowest BCUT2D eigenvalue weighted by molar-refractivity contribution is -0.136. The van der Waals surface area contributed by atoms with Gasteiger partial charge in [-0.3, -0.25) is 0 Å². The smallest absolute Gasteiger partial charge is 0.334 e. The fourth-order valence-corrected chi connectivity index (χ4v) is 0.317. The highest BCUT2D eigenvalue weighted by molar-refractivity contribution is 5.88. The lowest BCUT2D eigenvalue weighted by atomic mass is 10.2. The highest BCUT2D eigenvalue weighted by atomic mass is 16.5. The van der Waals surface area contributed by atoms with Gasteiger partial charge in [0.2, 0.25) is 0 Å². The molecule has 0 saturated heterocycles. The molecule has 0 aliphatic rings. The van der Waals surface area contributed by atoms with Crippen molar-refractivity contribution < 1.29 is 9.53 Å². The van der Waals surface area contributed by atoms with E-state index >= 15 is 0 Å². The van der Waals surface area contributed by atoms with Crippen LogP contribution in [0, 0.1) is 0 Å². The Labute approximate surface area is 54.5 Å². The van der Waals surface area contributed by atoms with Gasteiger partial charge in [-0.2, -0.15) is 0 Å². The topological polar surface area (TPSA) is 52.3 Å². The quantitative estimate of drug-likeness (QED) is 0.424. The largest absolute Gasteiger partial charge is 0.466 e. The highest BCUT2D eigenvalue weighted by Crippen LogP contribution is 1.96. The van der Waals surface area contributed by atoms with Crippen molar-refractivity contribution in [3.63, 3.8) is 0 Å². The highest BCUT2D eigenvalue weighted by Gasteiger charge is 2.09. The van der Waals surface area contributed by atoms with Crippen molar-refractivity contribution in [2.24, 2.45) is 5.73 Å². The number of nitrogens with two attached hydrogens (primary N) is 1. The van der Waals surface area contributed by atoms with E-state index < -0.39 is 5.97 Å². The summed E-state index contributed by atoms with van der Waals surface area (Å²) in [6.07, 6.45) is 0. The number of hydrogen-bond donors (Lipinski definition) is 1. The Balaban J connectivity index is 3.89. The summed E-state index contributed by atoms with van der Waals surface area (Å²) in [6, 6.07) is -0.322. The average Bonchev–Trinajstić information content (AvgIpc) is 1.84. The van der Waals surface area contributed by atoms with Gasteiger partial charge < -0.3 is 10.5 Å². The third-order valence-electron chi connectivity index (χ3n) is 0.997. The van der Waals surface area contributed by atoms with Crippen molar-refractivity contribution >= 4 is 5.97 Å². The SMILES string of the molecule is C=C(C(=O)OC)C(C)N. The van der Waals surface area contributed by atoms with E-state index in [9.17, 15) is 4.79 Å². The molecule has 9 heavy (non-hydrogen) atoms. The average molecular weight is 129 g/mol. The first-order valence-electron chi connectivity index (χ1n) is 2.62. The van der Waals surface area contributed by atoms with Crippen LogP contribution < -0.4 is 5.73 Å². The zero-order valence-electron chi connectivity index (χ0n) is 5.68. The van der Waals surface area contributed by atoms with Crippen molar-refractivity contribution in [3.05, 3.63) is 12.2 Å². The zero-order valence-corrected chi connectivity index (χ0v) is 5.68. The predicted molar refractivity (Wildman–Crippen MR) is 34.8 cm³/mol. The molecule has 2 N–H and O–H groups in total. The number of ether oxygens (including phenoxy) is 1. The van der Waals surface area contributed by atoms with Crippen LogP contribution in [-0.4, -0.2) is 19.1 Å². The molecule has 52 valence electrons. The lowest BCUT2D eigenvalue weighted by Crippen LogP contribution is -2.23. The van der Waals surface area contributed by atoms with E-state index in [0.717, 1.165) is 0 Å². The molecule has 3 nitrogen and oxygen atoms in total. The second-order valence-electron chi connectivity index (χ2n) is 1.81. The number of methoxy groups -OCH3 is 1. The molecular weight excluding hydrogens is 118 g/mol. The normalized spacial score (nSPS) is 12.3. The van der Waals surface area contributed by atoms with Crippen molar-refractivity contribution in [2.75, 3.05) is 7.11 Å². The Morgan fingerprint density at radius 1 is 1.78 bits per heavy atom. The predicted octanol–water partition coefficient (Wildman–Crippen LogP) is 0.0628. The van der Waals surface area contributed by atoms with Crippen LogP contribution in [0.4, 0.5) is 0 Å². The maximum Gasteiger partial charge on any atom is 0.334 e. The van der Waals surface area contributed by atoms with Crippen molar-refractivity contribution in [1.29, 1.82) is 0 Å². The van der Waals surface area contributed by atoms with Crippen LogP contribution >= 0.6 is 0 Å². The van der Waals surface area contributed by atoms with Crippen molar-refractivity contribution in [3.8, 4) is 0 Å². The second-order valence-corrected chi connectivity index (χ2v) is 1.81. The molecule has 0 aromatic rings. The summed E-state index contributed by atoms with van der Waals surface area (Å²) in [5.74, 6) is -0.440. The van der Waals surface area contributed by atoms with Gasteiger partial charge in [-0.1, -0.05) is 6.58 Å². The number of rotatable bonds is 2. The van der Waals surface area contributed by atoms with Gasteiger partial charge in [-0.25, -0.2) is 4.79 Å². The fourth-order valence-electron chi connectivity index (χ4n) is 0.317. The number of hydrogen-bond acceptors (Lipinski definition) is 3. The fraction of sp³-hybridized carbons (Fsp3) is 0.500. The molecular formula is C6H11NO2. The van der Waals surface area contributed by atoms with E-state index in [1.807, 2.05) is 0 Å². The monoisotopic (exact) mass is 129 g/mol. The molecule has 0 saturated carbocycles. The van der Waals surface area contributed by atoms with Gasteiger partial charge >= 0.3 is 5.97 Å². The summed E-state index contributed by atoms with van der Waals surface area (Å²) >= 11 is 0. The van der Waals surface area contributed by atoms with E-state index in [-0.39, 0.29) is 6.04 Å². The van der Waals surface area contributed by atoms with Crippen LogP contribution in [0.25, 0.3) is 0 Å². The Morgan fingerprint density at radius 3 is 2.33 bits per heavy atom. The third kappa shape index (κ3) is 2.28. The minimum Gasteiger partial charge on any atom is -0.466 e. The van der Waals surface area contributed by atoms with Crippen LogP contribution in [0.1, 0.15) is 6.92 Å². The molecule has 0 aromatic heterocycles. The van der Waals surface area contributed by atoms with Crippen LogP contribution in [0.5, 0.6) is 0 Å². The number of carbonyl (C=O) groups excluding carboxylic acids is 1. The van der Waals surface area contributed by atoms with E-state index in [0.29, 0.717) is 5.57 Å². The van der Waals surface area contributed by atoms with E-state index in [4.69, 9.17) is 5.73 Å². The van der Waals surface area contributed by atoms with Crippen LogP contribution in [0.2, 0.25) is 0 Å². The van der Waals surface area contributed by atoms with Gasteiger partial charge in [0.05, 0.1) is 7.11 Å². The summed E-state index contributed by atoms with van der Waals surface area (Å²) in [4.78, 5) is 10.6. The summed E-state index contributed by atoms with van der Waals surface area (Å²) in [6.45, 7) is 5.11. The molecule has 1 atom stereocenters. The Hall–Kier alpha value is -0.830. The van der Waals surface area contributed by atoms with Gasteiger partial charge in [-0.15, -0.1) is 0 Å². The number of esters is 1. The second kappa shape index (κ2) is 3.25. The first kappa shape index (κ1) is 8.17. The number of carbonyl (C=O) groups is 1. The summed E-state index contributed by atoms with van der Waals surface area (Å²) < 4.78 is 4.35. The van der Waals surface area contributed by atoms with E-state index in [1.54, 1.807) is 6.92 Å². The van der Waals surface area contributed by atoms with Crippen LogP contribution in [0.3, 0.4) is 0 Å². The minimum absolute atomic E-state index is 0.303. The summed E-state index contributed by atoms with van der Waals surface area (Å²) in [5.41, 5.74) is 5.62. The third-order valence-corrected chi connectivity index (χ3v) is 0.997. The van der Waals surface area contributed by atoms with E-state index in [2.05, 4.69) is 11.3 Å². The standard InChI is InChI=1S/C6H11NO2/c1-4(5(2)7)6(8)9-3/h5H,1,7H2,2-3H3. The zero-order chi connectivity index (χ0) is 7.44. The molecule has 0 spiro atoms. The van der Waals surface area contributed by atoms with E-state index in [1.165, 1.54) is 7.11 Å². The van der Waals surface area contributed by atoms with Crippen molar-refractivity contribution in [1.82, 2.24) is 0 Å². The molecule has 0 amide bonds. The molecule has 0 aliphatic carbocycles. The summed E-state index contributed by atoms with van der Waals surface area (Å²) in [5, 5.41) is 0. The maximum atomic E-state index is 10.6. The molecule has 3 heteroatoms. The van der Waals surface area contributed by atoms with Crippen molar-refractivity contribution in [2.45, 2.75) is 13.0 Å². The van der Waals surface area contributed by atoms with Gasteiger partial charge in [0, 0.05) is 11.6 Å². The summed E-state index contributed by atoms with van der Waals surface area (Å²) in [7, 11) is 1.30. The van der Waals surface area contributed by atoms with Crippen LogP contribution in [0.15, 0.2) is 12.2 Å². The first-order chi connectivity index (χ1) is 4.09. The molecule has 0 fully saturated rings. The van der Waals surface area contributed by atoms with Gasteiger partial charge in [0.15, 0.2) is 0 Å². The Bertz CT molecular complexity index is 129. The molecule has 0 bridgehead atoms. The van der Waals surface area contributed by atoms with Gasteiger partial charge in [0.1, 0.15) is 0 Å². The molecule has 0 aliphatic heterocycles. The molecule has 0 radical (unpaired) electrons. The molecule has 0 aromatic carbocycles. The molecule has 0 heterocycles.